The molecule has 0 spiro atoms. The molecular weight excluding hydrogens is 377 g/mol. The van der Waals surface area contributed by atoms with E-state index in [-0.39, 0.29) is 5.91 Å². The van der Waals surface area contributed by atoms with Crippen molar-refractivity contribution in [3.63, 3.8) is 0 Å². The van der Waals surface area contributed by atoms with Crippen molar-refractivity contribution in [2.45, 2.75) is 25.8 Å². The molecule has 0 aliphatic heterocycles. The number of nitrogens with one attached hydrogen (secondary N) is 1. The first-order valence-electron chi connectivity index (χ1n) is 7.90. The zero-order valence-electron chi connectivity index (χ0n) is 13.4. The Morgan fingerprint density at radius 2 is 2.08 bits per heavy atom. The van der Waals surface area contributed by atoms with Crippen LogP contribution >= 0.6 is 34.5 Å². The smallest absolute Gasteiger partial charge is 0.225 e. The van der Waals surface area contributed by atoms with Gasteiger partial charge in [0.15, 0.2) is 0 Å². The average molecular weight is 394 g/mol. The minimum absolute atomic E-state index is 0.0181. The van der Waals surface area contributed by atoms with E-state index in [4.69, 9.17) is 23.2 Å². The molecule has 25 heavy (non-hydrogen) atoms. The van der Waals surface area contributed by atoms with Gasteiger partial charge in [-0.15, -0.1) is 11.3 Å². The number of carbonyl (C=O) groups is 1. The molecule has 0 aliphatic carbocycles. The number of aryl methyl sites for hydroxylation is 1. The number of benzene rings is 1. The van der Waals surface area contributed by atoms with E-state index in [0.29, 0.717) is 28.8 Å². The first kappa shape index (κ1) is 18.0. The highest BCUT2D eigenvalue weighted by Crippen LogP contribution is 2.26. The fourth-order valence-corrected chi connectivity index (χ4v) is 3.61. The van der Waals surface area contributed by atoms with Crippen molar-refractivity contribution in [2.24, 2.45) is 0 Å². The normalized spacial score (nSPS) is 10.8. The summed E-state index contributed by atoms with van der Waals surface area (Å²) in [6.45, 7) is 0.442. The fraction of sp³-hybridized carbons (Fsp3) is 0.222. The maximum Gasteiger partial charge on any atom is 0.225 e. The zero-order chi connectivity index (χ0) is 17.6. The number of hydrogen-bond acceptors (Lipinski definition) is 3. The maximum absolute atomic E-state index is 12.2. The van der Waals surface area contributed by atoms with Gasteiger partial charge in [-0.2, -0.15) is 5.10 Å². The molecule has 0 bridgehead atoms. The van der Waals surface area contributed by atoms with E-state index < -0.39 is 0 Å². The summed E-state index contributed by atoms with van der Waals surface area (Å²) in [6, 6.07) is 11.4. The van der Waals surface area contributed by atoms with E-state index in [1.54, 1.807) is 34.3 Å². The van der Waals surface area contributed by atoms with Gasteiger partial charge in [0.25, 0.3) is 0 Å². The molecule has 7 heteroatoms. The molecule has 2 aromatic heterocycles. The third-order valence-electron chi connectivity index (χ3n) is 3.74. The van der Waals surface area contributed by atoms with Crippen molar-refractivity contribution in [3.8, 4) is 0 Å². The summed E-state index contributed by atoms with van der Waals surface area (Å²) in [4.78, 5) is 13.5. The molecule has 0 saturated heterocycles. The lowest BCUT2D eigenvalue weighted by molar-refractivity contribution is -0.116. The van der Waals surface area contributed by atoms with Crippen molar-refractivity contribution in [2.75, 3.05) is 5.32 Å². The second-order valence-corrected chi connectivity index (χ2v) is 7.39. The SMILES string of the molecule is O=C(CCCc1cccs1)Nc1ccnn1Cc1cccc(Cl)c1Cl. The molecule has 0 unspecified atom stereocenters. The van der Waals surface area contributed by atoms with Gasteiger partial charge in [0.2, 0.25) is 5.91 Å². The van der Waals surface area contributed by atoms with Crippen LogP contribution in [0.15, 0.2) is 48.0 Å². The highest BCUT2D eigenvalue weighted by Gasteiger charge is 2.10. The Morgan fingerprint density at radius 3 is 2.88 bits per heavy atom. The average Bonchev–Trinajstić information content (AvgIpc) is 3.24. The van der Waals surface area contributed by atoms with Gasteiger partial charge in [-0.1, -0.05) is 41.4 Å². The van der Waals surface area contributed by atoms with Crippen LogP contribution in [0, 0.1) is 0 Å². The third-order valence-corrected chi connectivity index (χ3v) is 5.54. The van der Waals surface area contributed by atoms with Crippen LogP contribution in [0.3, 0.4) is 0 Å². The van der Waals surface area contributed by atoms with Crippen molar-refractivity contribution in [3.05, 3.63) is 68.5 Å². The quantitative estimate of drug-likeness (QED) is 0.594. The first-order valence-corrected chi connectivity index (χ1v) is 9.54. The summed E-state index contributed by atoms with van der Waals surface area (Å²) in [7, 11) is 0. The van der Waals surface area contributed by atoms with E-state index in [2.05, 4.69) is 21.9 Å². The van der Waals surface area contributed by atoms with Gasteiger partial charge < -0.3 is 5.32 Å². The lowest BCUT2D eigenvalue weighted by Gasteiger charge is -2.10. The standard InChI is InChI=1S/C18H17Cl2N3OS/c19-15-7-1-4-13(18(15)20)12-23-16(9-10-21-23)22-17(24)8-2-5-14-6-3-11-25-14/h1,3-4,6-7,9-11H,2,5,8,12H2,(H,22,24). The lowest BCUT2D eigenvalue weighted by Crippen LogP contribution is -2.16. The van der Waals surface area contributed by atoms with Crippen LogP contribution < -0.4 is 5.32 Å². The highest BCUT2D eigenvalue weighted by atomic mass is 35.5. The van der Waals surface area contributed by atoms with E-state index in [9.17, 15) is 4.79 Å². The van der Waals surface area contributed by atoms with Crippen molar-refractivity contribution in [1.29, 1.82) is 0 Å². The largest absolute Gasteiger partial charge is 0.311 e. The van der Waals surface area contributed by atoms with Gasteiger partial charge in [-0.3, -0.25) is 4.79 Å². The van der Waals surface area contributed by atoms with E-state index in [0.717, 1.165) is 18.4 Å². The van der Waals surface area contributed by atoms with Crippen LogP contribution in [-0.2, 0) is 17.8 Å². The molecule has 130 valence electrons. The third kappa shape index (κ3) is 4.84. The van der Waals surface area contributed by atoms with Gasteiger partial charge in [0.05, 0.1) is 22.8 Å². The number of rotatable bonds is 7. The fourth-order valence-electron chi connectivity index (χ4n) is 2.48. The second kappa shape index (κ2) is 8.52. The Labute approximate surface area is 160 Å². The predicted octanol–water partition coefficient (Wildman–Crippen LogP) is 5.26. The van der Waals surface area contributed by atoms with E-state index >= 15 is 0 Å². The molecule has 0 atom stereocenters. The number of amides is 1. The monoisotopic (exact) mass is 393 g/mol. The second-order valence-electron chi connectivity index (χ2n) is 5.57. The van der Waals surface area contributed by atoms with Crippen LogP contribution in [0.5, 0.6) is 0 Å². The number of anilines is 1. The molecule has 0 radical (unpaired) electrons. The van der Waals surface area contributed by atoms with Crippen LogP contribution in [0.25, 0.3) is 0 Å². The number of halogens is 2. The maximum atomic E-state index is 12.2. The minimum Gasteiger partial charge on any atom is -0.311 e. The summed E-state index contributed by atoms with van der Waals surface area (Å²) in [5, 5.41) is 10.2. The van der Waals surface area contributed by atoms with Gasteiger partial charge in [-0.25, -0.2) is 4.68 Å². The topological polar surface area (TPSA) is 46.9 Å². The Morgan fingerprint density at radius 1 is 1.20 bits per heavy atom. The molecule has 0 aliphatic rings. The Balaban J connectivity index is 1.57. The molecule has 2 heterocycles. The first-order chi connectivity index (χ1) is 12.1. The molecule has 4 nitrogen and oxygen atoms in total. The van der Waals surface area contributed by atoms with Gasteiger partial charge in [0.1, 0.15) is 5.82 Å². The number of aromatic nitrogens is 2. The van der Waals surface area contributed by atoms with E-state index in [1.165, 1.54) is 4.88 Å². The molecule has 3 rings (SSSR count). The molecular formula is C18H17Cl2N3OS. The number of thiophene rings is 1. The molecule has 1 aromatic carbocycles. The van der Waals surface area contributed by atoms with Crippen LogP contribution in [0.1, 0.15) is 23.3 Å². The number of carbonyl (C=O) groups excluding carboxylic acids is 1. The molecule has 0 saturated carbocycles. The molecule has 0 fully saturated rings. The lowest BCUT2D eigenvalue weighted by atomic mass is 10.2. The summed E-state index contributed by atoms with van der Waals surface area (Å²) in [6.07, 6.45) is 3.86. The van der Waals surface area contributed by atoms with Gasteiger partial charge in [0, 0.05) is 17.4 Å². The van der Waals surface area contributed by atoms with Crippen molar-refractivity contribution >= 4 is 46.3 Å². The Hall–Kier alpha value is -1.82. The number of nitrogens with zero attached hydrogens (tertiary/aromatic N) is 2. The van der Waals surface area contributed by atoms with E-state index in [1.807, 2.05) is 18.2 Å². The number of hydrogen-bond donors (Lipinski definition) is 1. The van der Waals surface area contributed by atoms with Crippen molar-refractivity contribution in [1.82, 2.24) is 9.78 Å². The zero-order valence-corrected chi connectivity index (χ0v) is 15.7. The summed E-state index contributed by atoms with van der Waals surface area (Å²) < 4.78 is 1.70. The molecule has 1 amide bonds. The summed E-state index contributed by atoms with van der Waals surface area (Å²) in [5.41, 5.74) is 0.853. The van der Waals surface area contributed by atoms with Crippen molar-refractivity contribution < 1.29 is 4.79 Å². The van der Waals surface area contributed by atoms with Gasteiger partial charge in [-0.05, 0) is 35.9 Å². The summed E-state index contributed by atoms with van der Waals surface area (Å²) >= 11 is 14.0. The summed E-state index contributed by atoms with van der Waals surface area (Å²) in [5.74, 6) is 0.632. The predicted molar refractivity (Wildman–Crippen MR) is 104 cm³/mol. The Kier molecular flexibility index (Phi) is 6.13. The Bertz CT molecular complexity index is 846. The van der Waals surface area contributed by atoms with Crippen LogP contribution in [0.4, 0.5) is 5.82 Å². The van der Waals surface area contributed by atoms with Crippen LogP contribution in [-0.4, -0.2) is 15.7 Å². The van der Waals surface area contributed by atoms with Gasteiger partial charge >= 0.3 is 0 Å². The molecule has 3 aromatic rings. The molecule has 1 N–H and O–H groups in total. The highest BCUT2D eigenvalue weighted by molar-refractivity contribution is 7.09. The van der Waals surface area contributed by atoms with Crippen LogP contribution in [0.2, 0.25) is 10.0 Å². The minimum atomic E-state index is -0.0181.